The van der Waals surface area contributed by atoms with Crippen LogP contribution < -0.4 is 27.2 Å². The summed E-state index contributed by atoms with van der Waals surface area (Å²) in [6.07, 6.45) is 1.85. The molecule has 1 fully saturated rings. The summed E-state index contributed by atoms with van der Waals surface area (Å²) in [6.45, 7) is 3.35. The van der Waals surface area contributed by atoms with Gasteiger partial charge in [-0.2, -0.15) is 4.98 Å². The topological polar surface area (TPSA) is 120 Å². The number of rotatable bonds is 7. The number of para-hydroxylation sites is 1. The summed E-state index contributed by atoms with van der Waals surface area (Å²) in [6, 6.07) is 9.35. The van der Waals surface area contributed by atoms with Crippen molar-refractivity contribution in [1.82, 2.24) is 18.7 Å². The van der Waals surface area contributed by atoms with Gasteiger partial charge in [0.1, 0.15) is 5.88 Å². The molecule has 0 amide bonds. The molecule has 0 saturated carbocycles. The Morgan fingerprint density at radius 1 is 1.24 bits per heavy atom. The zero-order valence-corrected chi connectivity index (χ0v) is 20.2. The maximum Gasteiger partial charge on any atom is 0.333 e. The number of fused-ring (bicyclic) bond motifs is 1. The maximum absolute atomic E-state index is 13.5. The second-order valence-corrected chi connectivity index (χ2v) is 9.70. The number of hydrogen-bond donors (Lipinski definition) is 2. The molecule has 0 radical (unpaired) electrons. The molecule has 180 valence electrons. The SMILES string of the molecule is CC#CCn1c(N2CCCC(N)C2)nc2c1c(=O)n(CS(=O)CNc1ccccc1)c(=O)n2C. The van der Waals surface area contributed by atoms with Crippen LogP contribution in [0.3, 0.4) is 0 Å². The van der Waals surface area contributed by atoms with E-state index in [1.807, 2.05) is 35.2 Å². The maximum atomic E-state index is 13.5. The van der Waals surface area contributed by atoms with E-state index >= 15 is 0 Å². The van der Waals surface area contributed by atoms with E-state index < -0.39 is 22.0 Å². The summed E-state index contributed by atoms with van der Waals surface area (Å²) in [5, 5.41) is 3.07. The van der Waals surface area contributed by atoms with Crippen LogP contribution in [-0.4, -0.2) is 47.9 Å². The van der Waals surface area contributed by atoms with Gasteiger partial charge in [-0.15, -0.1) is 5.92 Å². The number of nitrogens with two attached hydrogens (primary N) is 1. The van der Waals surface area contributed by atoms with Crippen molar-refractivity contribution >= 4 is 33.6 Å². The lowest BCUT2D eigenvalue weighted by Gasteiger charge is -2.31. The molecular weight excluding hydrogens is 454 g/mol. The minimum absolute atomic E-state index is 0.0132. The van der Waals surface area contributed by atoms with Gasteiger partial charge in [-0.1, -0.05) is 24.1 Å². The highest BCUT2D eigenvalue weighted by atomic mass is 32.2. The molecule has 3 aromatic rings. The average molecular weight is 484 g/mol. The predicted molar refractivity (Wildman–Crippen MR) is 135 cm³/mol. The molecule has 4 rings (SSSR count). The lowest BCUT2D eigenvalue weighted by Crippen LogP contribution is -2.44. The molecule has 0 spiro atoms. The van der Waals surface area contributed by atoms with Crippen LogP contribution in [0.2, 0.25) is 0 Å². The molecule has 0 aliphatic carbocycles. The van der Waals surface area contributed by atoms with Crippen molar-refractivity contribution in [1.29, 1.82) is 0 Å². The van der Waals surface area contributed by atoms with Crippen molar-refractivity contribution in [3.05, 3.63) is 51.2 Å². The van der Waals surface area contributed by atoms with Crippen LogP contribution in [-0.2, 0) is 30.3 Å². The standard InChI is InChI=1S/C23H29N7O3S/c1-3-4-13-29-19-20(26-22(29)28-12-8-9-17(24)14-28)27(2)23(32)30(21(19)31)16-34(33)15-25-18-10-6-5-7-11-18/h5-7,10-11,17,25H,8-9,12-16,24H2,1-2H3. The zero-order valence-electron chi connectivity index (χ0n) is 19.4. The van der Waals surface area contributed by atoms with Crippen molar-refractivity contribution in [3.8, 4) is 11.8 Å². The fourth-order valence-corrected chi connectivity index (χ4v) is 5.06. The number of nitrogens with zero attached hydrogens (tertiary/aromatic N) is 5. The Morgan fingerprint density at radius 3 is 2.71 bits per heavy atom. The third-order valence-corrected chi connectivity index (χ3v) is 6.86. The number of imidazole rings is 1. The predicted octanol–water partition coefficient (Wildman–Crippen LogP) is 0.623. The van der Waals surface area contributed by atoms with Crippen molar-refractivity contribution in [2.45, 2.75) is 38.2 Å². The fourth-order valence-electron chi connectivity index (χ4n) is 4.12. The van der Waals surface area contributed by atoms with E-state index in [9.17, 15) is 13.8 Å². The van der Waals surface area contributed by atoms with Gasteiger partial charge >= 0.3 is 5.69 Å². The largest absolute Gasteiger partial charge is 0.374 e. The molecule has 1 aliphatic rings. The normalized spacial score (nSPS) is 16.8. The number of anilines is 2. The van der Waals surface area contributed by atoms with E-state index in [-0.39, 0.29) is 35.5 Å². The van der Waals surface area contributed by atoms with Gasteiger partial charge in [0.15, 0.2) is 11.2 Å². The molecule has 2 aromatic heterocycles. The Labute approximate surface area is 199 Å². The van der Waals surface area contributed by atoms with Crippen LogP contribution >= 0.6 is 0 Å². The first-order valence-corrected chi connectivity index (χ1v) is 12.6. The van der Waals surface area contributed by atoms with Gasteiger partial charge in [0.25, 0.3) is 5.56 Å². The summed E-state index contributed by atoms with van der Waals surface area (Å²) in [5.74, 6) is 6.31. The van der Waals surface area contributed by atoms with Gasteiger partial charge in [0.05, 0.1) is 23.2 Å². The molecular formula is C23H29N7O3S. The lowest BCUT2D eigenvalue weighted by atomic mass is 10.1. The van der Waals surface area contributed by atoms with Gasteiger partial charge in [-0.05, 0) is 31.9 Å². The highest BCUT2D eigenvalue weighted by molar-refractivity contribution is 7.84. The summed E-state index contributed by atoms with van der Waals surface area (Å²) >= 11 is 0. The van der Waals surface area contributed by atoms with Crippen LogP contribution in [0.25, 0.3) is 11.2 Å². The quantitative estimate of drug-likeness (QED) is 0.473. The smallest absolute Gasteiger partial charge is 0.333 e. The van der Waals surface area contributed by atoms with Crippen LogP contribution in [0.4, 0.5) is 11.6 Å². The number of benzene rings is 1. The second-order valence-electron chi connectivity index (χ2n) is 8.28. The molecule has 2 atom stereocenters. The van der Waals surface area contributed by atoms with Gasteiger partial charge < -0.3 is 16.0 Å². The van der Waals surface area contributed by atoms with Crippen LogP contribution in [0.15, 0.2) is 39.9 Å². The lowest BCUT2D eigenvalue weighted by molar-refractivity contribution is 0.496. The molecule has 3 heterocycles. The van der Waals surface area contributed by atoms with Crippen LogP contribution in [0.5, 0.6) is 0 Å². The van der Waals surface area contributed by atoms with Crippen molar-refractivity contribution in [2.24, 2.45) is 12.8 Å². The Hall–Kier alpha value is -3.36. The molecule has 11 heteroatoms. The van der Waals surface area contributed by atoms with Crippen LogP contribution in [0, 0.1) is 11.8 Å². The van der Waals surface area contributed by atoms with Gasteiger partial charge in [-0.3, -0.25) is 18.1 Å². The average Bonchev–Trinajstić information content (AvgIpc) is 3.23. The van der Waals surface area contributed by atoms with E-state index in [0.29, 0.717) is 12.5 Å². The molecule has 1 aliphatic heterocycles. The summed E-state index contributed by atoms with van der Waals surface area (Å²) < 4.78 is 16.9. The molecule has 3 N–H and O–H groups in total. The van der Waals surface area contributed by atoms with Crippen molar-refractivity contribution in [3.63, 3.8) is 0 Å². The Bertz CT molecular complexity index is 1380. The highest BCUT2D eigenvalue weighted by Gasteiger charge is 2.26. The Morgan fingerprint density at radius 2 is 2.00 bits per heavy atom. The zero-order chi connectivity index (χ0) is 24.2. The number of piperidine rings is 1. The van der Waals surface area contributed by atoms with E-state index in [1.165, 1.54) is 4.57 Å². The molecule has 1 saturated heterocycles. The van der Waals surface area contributed by atoms with Crippen LogP contribution in [0.1, 0.15) is 19.8 Å². The van der Waals surface area contributed by atoms with E-state index in [2.05, 4.69) is 22.1 Å². The number of hydrogen-bond acceptors (Lipinski definition) is 7. The first-order valence-electron chi connectivity index (χ1n) is 11.1. The number of aromatic nitrogens is 4. The molecule has 1 aromatic carbocycles. The molecule has 0 bridgehead atoms. The first kappa shape index (κ1) is 23.8. The Balaban J connectivity index is 1.73. The minimum atomic E-state index is -1.50. The number of nitrogens with one attached hydrogen (secondary N) is 1. The third-order valence-electron chi connectivity index (χ3n) is 5.85. The fraction of sp³-hybridized carbons (Fsp3) is 0.435. The second kappa shape index (κ2) is 10.3. The number of aryl methyl sites for hydroxylation is 1. The van der Waals surface area contributed by atoms with E-state index in [4.69, 9.17) is 5.73 Å². The first-order chi connectivity index (χ1) is 16.4. The van der Waals surface area contributed by atoms with Crippen molar-refractivity contribution in [2.75, 3.05) is 29.2 Å². The Kier molecular flexibility index (Phi) is 7.19. The molecule has 2 unspecified atom stereocenters. The highest BCUT2D eigenvalue weighted by Crippen LogP contribution is 2.22. The van der Waals surface area contributed by atoms with E-state index in [0.717, 1.165) is 29.6 Å². The van der Waals surface area contributed by atoms with Crippen molar-refractivity contribution < 1.29 is 4.21 Å². The van der Waals surface area contributed by atoms with Gasteiger partial charge in [-0.25, -0.2) is 9.36 Å². The van der Waals surface area contributed by atoms with Gasteiger partial charge in [0.2, 0.25) is 5.95 Å². The van der Waals surface area contributed by atoms with E-state index in [1.54, 1.807) is 18.5 Å². The third kappa shape index (κ3) is 4.78. The molecule has 34 heavy (non-hydrogen) atoms. The summed E-state index contributed by atoms with van der Waals surface area (Å²) in [4.78, 5) is 33.2. The van der Waals surface area contributed by atoms with Gasteiger partial charge in [0, 0.05) is 31.9 Å². The minimum Gasteiger partial charge on any atom is -0.374 e. The molecule has 10 nitrogen and oxygen atoms in total. The summed E-state index contributed by atoms with van der Waals surface area (Å²) in [5.41, 5.74) is 6.46. The summed E-state index contributed by atoms with van der Waals surface area (Å²) in [7, 11) is 0.0662. The monoisotopic (exact) mass is 483 g/mol.